The molecule has 2 aliphatic rings. The summed E-state index contributed by atoms with van der Waals surface area (Å²) in [6, 6.07) is -0.934. The summed E-state index contributed by atoms with van der Waals surface area (Å²) in [6.07, 6.45) is 77.5. The Morgan fingerprint density at radius 1 is 0.364 bits per heavy atom. The van der Waals surface area contributed by atoms with Crippen LogP contribution in [0.5, 0.6) is 0 Å². The van der Waals surface area contributed by atoms with E-state index in [-0.39, 0.29) is 18.9 Å². The molecule has 14 heteroatoms. The largest absolute Gasteiger partial charge is 0.394 e. The normalized spacial score (nSPS) is 22.2. The standard InChI is InChI=1S/C85H157NO13/c1-3-5-7-9-11-13-15-17-19-21-23-25-27-29-31-33-35-36-37-38-39-41-43-45-47-49-51-53-55-57-59-61-63-65-67-69-77(90)86-73(72-96-84-82(95)80(93)83(76(71-88)98-84)99-85-81(94)79(92)78(91)75(70-87)97-85)74(89)68-66-64-62-60-58-56-54-52-50-48-46-44-42-40-34-32-30-28-26-24-22-20-18-16-14-12-10-8-6-4-2/h15,17,21,23,27,29,58,60,66,68,73-76,78-85,87-89,91-95H,3-14,16,18-20,22,24-26,28,30-57,59,61-65,67,69-72H2,1-2H3,(H,86,90)/b17-15-,23-21-,29-27-,60-58+,68-66+. The molecular weight excluding hydrogens is 1240 g/mol. The predicted molar refractivity (Wildman–Crippen MR) is 411 cm³/mol. The number of rotatable bonds is 71. The molecule has 0 aromatic heterocycles. The van der Waals surface area contributed by atoms with Crippen molar-refractivity contribution in [1.82, 2.24) is 5.32 Å². The first-order valence-electron chi connectivity index (χ1n) is 42.0. The van der Waals surface area contributed by atoms with Crippen molar-refractivity contribution in [2.45, 2.75) is 453 Å². The van der Waals surface area contributed by atoms with Gasteiger partial charge in [0, 0.05) is 6.42 Å². The molecule has 2 saturated heterocycles. The molecule has 14 nitrogen and oxygen atoms in total. The van der Waals surface area contributed by atoms with E-state index < -0.39 is 86.8 Å². The molecule has 2 heterocycles. The molecule has 0 radical (unpaired) electrons. The molecular formula is C85H157NO13. The molecule has 99 heavy (non-hydrogen) atoms. The molecule has 2 rings (SSSR count). The van der Waals surface area contributed by atoms with E-state index in [0.29, 0.717) is 12.8 Å². The van der Waals surface area contributed by atoms with Crippen molar-refractivity contribution in [2.24, 2.45) is 0 Å². The first-order chi connectivity index (χ1) is 48.6. The Balaban J connectivity index is 1.61. The summed E-state index contributed by atoms with van der Waals surface area (Å²) in [6.45, 7) is 2.83. The summed E-state index contributed by atoms with van der Waals surface area (Å²) in [7, 11) is 0. The summed E-state index contributed by atoms with van der Waals surface area (Å²) in [5.74, 6) is -0.243. The second kappa shape index (κ2) is 68.8. The number of hydrogen-bond acceptors (Lipinski definition) is 13. The molecule has 580 valence electrons. The highest BCUT2D eigenvalue weighted by atomic mass is 16.7. The van der Waals surface area contributed by atoms with Gasteiger partial charge in [-0.3, -0.25) is 4.79 Å². The molecule has 12 atom stereocenters. The lowest BCUT2D eigenvalue weighted by Gasteiger charge is -2.46. The number of nitrogens with one attached hydrogen (secondary N) is 1. The minimum absolute atomic E-state index is 0.243. The Morgan fingerprint density at radius 3 is 1.06 bits per heavy atom. The fraction of sp³-hybridized carbons (Fsp3) is 0.871. The number of amides is 1. The Kier molecular flexibility index (Phi) is 64.5. The monoisotopic (exact) mass is 1400 g/mol. The highest BCUT2D eigenvalue weighted by molar-refractivity contribution is 5.76. The highest BCUT2D eigenvalue weighted by Crippen LogP contribution is 2.30. The number of unbranched alkanes of at least 4 members (excludes halogenated alkanes) is 50. The van der Waals surface area contributed by atoms with Gasteiger partial charge in [0.2, 0.25) is 5.91 Å². The molecule has 0 bridgehead atoms. The van der Waals surface area contributed by atoms with Crippen LogP contribution < -0.4 is 5.32 Å². The molecule has 2 aliphatic heterocycles. The zero-order valence-electron chi connectivity index (χ0n) is 63.7. The summed E-state index contributed by atoms with van der Waals surface area (Å²) in [5.41, 5.74) is 0. The second-order valence-corrected chi connectivity index (χ2v) is 29.6. The van der Waals surface area contributed by atoms with Crippen LogP contribution in [0.2, 0.25) is 0 Å². The van der Waals surface area contributed by atoms with Crippen LogP contribution in [0.3, 0.4) is 0 Å². The van der Waals surface area contributed by atoms with Crippen LogP contribution in [0.1, 0.15) is 380 Å². The van der Waals surface area contributed by atoms with E-state index in [2.05, 4.69) is 67.8 Å². The topological polar surface area (TPSA) is 228 Å². The Labute approximate surface area is 606 Å². The minimum Gasteiger partial charge on any atom is -0.394 e. The number of hydrogen-bond donors (Lipinski definition) is 9. The molecule has 12 unspecified atom stereocenters. The third-order valence-corrected chi connectivity index (χ3v) is 20.4. The SMILES string of the molecule is CCCCCCC/C=C\C/C=C\C/C=C\CCCCCCCCCCCCCCCCCCCCCCC(=O)NC(COC1OC(CO)C(OC2OC(CO)C(O)C(O)C2O)C(O)C1O)C(O)/C=C/CC/C=C/CCCCCCCCCCCCCCCCCCCCCCCCCC. The smallest absolute Gasteiger partial charge is 0.220 e. The number of aliphatic hydroxyl groups excluding tert-OH is 8. The van der Waals surface area contributed by atoms with Gasteiger partial charge in [0.25, 0.3) is 0 Å². The summed E-state index contributed by atoms with van der Waals surface area (Å²) >= 11 is 0. The molecule has 9 N–H and O–H groups in total. The predicted octanol–water partition coefficient (Wildman–Crippen LogP) is 19.5. The Morgan fingerprint density at radius 2 is 0.677 bits per heavy atom. The fourth-order valence-electron chi connectivity index (χ4n) is 13.8. The zero-order chi connectivity index (χ0) is 71.5. The lowest BCUT2D eigenvalue weighted by atomic mass is 9.97. The van der Waals surface area contributed by atoms with Gasteiger partial charge < -0.3 is 65.1 Å². The summed E-state index contributed by atoms with van der Waals surface area (Å²) < 4.78 is 22.9. The van der Waals surface area contributed by atoms with Crippen molar-refractivity contribution >= 4 is 5.91 Å². The minimum atomic E-state index is -1.79. The van der Waals surface area contributed by atoms with E-state index in [9.17, 15) is 45.6 Å². The van der Waals surface area contributed by atoms with E-state index in [1.807, 2.05) is 6.08 Å². The molecule has 0 spiro atoms. The Bertz CT molecular complexity index is 1900. The van der Waals surface area contributed by atoms with E-state index >= 15 is 0 Å². The third kappa shape index (κ3) is 51.5. The fourth-order valence-corrected chi connectivity index (χ4v) is 13.8. The van der Waals surface area contributed by atoms with Gasteiger partial charge >= 0.3 is 0 Å². The Hall–Kier alpha value is -2.31. The number of allylic oxidation sites excluding steroid dienone is 9. The van der Waals surface area contributed by atoms with Gasteiger partial charge in [0.05, 0.1) is 32.0 Å². The van der Waals surface area contributed by atoms with Gasteiger partial charge in [-0.1, -0.05) is 364 Å². The van der Waals surface area contributed by atoms with Gasteiger partial charge in [-0.05, 0) is 70.6 Å². The van der Waals surface area contributed by atoms with Gasteiger partial charge in [-0.15, -0.1) is 0 Å². The first-order valence-corrected chi connectivity index (χ1v) is 42.0. The quantitative estimate of drug-likeness (QED) is 0.0204. The maximum atomic E-state index is 13.4. The molecule has 0 aromatic carbocycles. The van der Waals surface area contributed by atoms with Gasteiger partial charge in [0.1, 0.15) is 48.8 Å². The lowest BCUT2D eigenvalue weighted by molar-refractivity contribution is -0.359. The maximum absolute atomic E-state index is 13.4. The van der Waals surface area contributed by atoms with E-state index in [1.165, 1.54) is 302 Å². The average Bonchev–Trinajstić information content (AvgIpc) is 0.799. The van der Waals surface area contributed by atoms with Gasteiger partial charge in [-0.25, -0.2) is 0 Å². The van der Waals surface area contributed by atoms with Crippen LogP contribution in [0, 0.1) is 0 Å². The number of carbonyl (C=O) groups is 1. The summed E-state index contributed by atoms with van der Waals surface area (Å²) in [4.78, 5) is 13.4. The lowest BCUT2D eigenvalue weighted by Crippen LogP contribution is -2.65. The maximum Gasteiger partial charge on any atom is 0.220 e. The van der Waals surface area contributed by atoms with Crippen LogP contribution in [0.4, 0.5) is 0 Å². The molecule has 1 amide bonds. The zero-order valence-corrected chi connectivity index (χ0v) is 63.7. The molecule has 0 aliphatic carbocycles. The van der Waals surface area contributed by atoms with Crippen molar-refractivity contribution in [3.05, 3.63) is 60.8 Å². The molecule has 0 aromatic rings. The number of ether oxygens (including phenoxy) is 4. The van der Waals surface area contributed by atoms with Crippen molar-refractivity contribution in [1.29, 1.82) is 0 Å². The molecule has 2 fully saturated rings. The highest BCUT2D eigenvalue weighted by Gasteiger charge is 2.51. The van der Waals surface area contributed by atoms with Crippen LogP contribution in [-0.4, -0.2) is 140 Å². The van der Waals surface area contributed by atoms with Crippen LogP contribution in [0.15, 0.2) is 60.8 Å². The van der Waals surface area contributed by atoms with Crippen molar-refractivity contribution in [3.8, 4) is 0 Å². The third-order valence-electron chi connectivity index (χ3n) is 20.4. The molecule has 0 saturated carbocycles. The van der Waals surface area contributed by atoms with Gasteiger partial charge in [-0.2, -0.15) is 0 Å². The van der Waals surface area contributed by atoms with E-state index in [1.54, 1.807) is 6.08 Å². The van der Waals surface area contributed by atoms with Crippen molar-refractivity contribution in [3.63, 3.8) is 0 Å². The van der Waals surface area contributed by atoms with E-state index in [4.69, 9.17) is 18.9 Å². The van der Waals surface area contributed by atoms with Crippen LogP contribution in [0.25, 0.3) is 0 Å². The van der Waals surface area contributed by atoms with Crippen LogP contribution in [-0.2, 0) is 23.7 Å². The average molecular weight is 1400 g/mol. The second-order valence-electron chi connectivity index (χ2n) is 29.6. The van der Waals surface area contributed by atoms with E-state index in [0.717, 1.165) is 44.9 Å². The number of aliphatic hydroxyl groups is 8. The van der Waals surface area contributed by atoms with Crippen LogP contribution >= 0.6 is 0 Å². The van der Waals surface area contributed by atoms with Crippen molar-refractivity contribution < 1.29 is 64.6 Å². The first kappa shape index (κ1) is 92.8. The van der Waals surface area contributed by atoms with Gasteiger partial charge in [0.15, 0.2) is 12.6 Å². The van der Waals surface area contributed by atoms with Crippen molar-refractivity contribution in [2.75, 3.05) is 19.8 Å². The summed E-state index contributed by atoms with van der Waals surface area (Å²) in [5, 5.41) is 87.7. The number of carbonyl (C=O) groups excluding carboxylic acids is 1.